The molecule has 1 amide bonds. The number of carbonyl (C=O) groups is 1. The van der Waals surface area contributed by atoms with Crippen LogP contribution in [0.4, 0.5) is 5.69 Å². The Morgan fingerprint density at radius 1 is 1.29 bits per heavy atom. The smallest absolute Gasteiger partial charge is 0.266 e. The van der Waals surface area contributed by atoms with Gasteiger partial charge in [-0.2, -0.15) is 0 Å². The van der Waals surface area contributed by atoms with Crippen molar-refractivity contribution < 1.29 is 4.79 Å². The zero-order chi connectivity index (χ0) is 15.6. The summed E-state index contributed by atoms with van der Waals surface area (Å²) in [5.41, 5.74) is 7.39. The van der Waals surface area contributed by atoms with Crippen molar-refractivity contribution in [2.45, 2.75) is 27.7 Å². The van der Waals surface area contributed by atoms with Crippen molar-refractivity contribution in [3.8, 4) is 0 Å². The number of carbonyl (C=O) groups excluding carboxylic acids is 1. The number of aromatic nitrogens is 1. The van der Waals surface area contributed by atoms with Gasteiger partial charge in [0.25, 0.3) is 5.91 Å². The van der Waals surface area contributed by atoms with Crippen molar-refractivity contribution in [2.75, 3.05) is 18.8 Å². The molecule has 5 heteroatoms. The summed E-state index contributed by atoms with van der Waals surface area (Å²) < 4.78 is 0.965. The van der Waals surface area contributed by atoms with E-state index >= 15 is 0 Å². The molecule has 0 saturated carbocycles. The van der Waals surface area contributed by atoms with Crippen molar-refractivity contribution in [3.63, 3.8) is 0 Å². The van der Waals surface area contributed by atoms with Gasteiger partial charge in [0.2, 0.25) is 0 Å². The fourth-order valence-corrected chi connectivity index (χ4v) is 3.42. The number of hydrogen-bond acceptors (Lipinski definition) is 4. The number of nitrogens with two attached hydrogens (primary N) is 1. The fraction of sp³-hybridized carbons (Fsp3) is 0.500. The molecule has 0 aliphatic rings. The lowest BCUT2D eigenvalue weighted by Crippen LogP contribution is -2.36. The average Bonchev–Trinajstić information content (AvgIpc) is 2.74. The van der Waals surface area contributed by atoms with Crippen LogP contribution in [0.25, 0.3) is 10.2 Å². The third-order valence-corrected chi connectivity index (χ3v) is 4.28. The molecule has 0 aliphatic carbocycles. The van der Waals surface area contributed by atoms with Gasteiger partial charge in [0.05, 0.1) is 10.4 Å². The largest absolute Gasteiger partial charge is 0.396 e. The van der Waals surface area contributed by atoms with Gasteiger partial charge >= 0.3 is 0 Å². The first-order valence-corrected chi connectivity index (χ1v) is 8.14. The van der Waals surface area contributed by atoms with Crippen LogP contribution in [-0.2, 0) is 0 Å². The molecule has 4 nitrogen and oxygen atoms in total. The normalized spacial score (nSPS) is 11.5. The first kappa shape index (κ1) is 15.8. The molecule has 114 valence electrons. The molecule has 2 rings (SSSR count). The molecule has 0 aromatic carbocycles. The van der Waals surface area contributed by atoms with Gasteiger partial charge in [-0.05, 0) is 24.0 Å². The summed E-state index contributed by atoms with van der Waals surface area (Å²) >= 11 is 1.44. The summed E-state index contributed by atoms with van der Waals surface area (Å²) in [5.74, 6) is 0.890. The maximum absolute atomic E-state index is 12.8. The van der Waals surface area contributed by atoms with Crippen molar-refractivity contribution in [1.82, 2.24) is 9.88 Å². The second-order valence-electron chi connectivity index (χ2n) is 6.19. The predicted molar refractivity (Wildman–Crippen MR) is 89.6 cm³/mol. The molecule has 0 atom stereocenters. The molecule has 2 heterocycles. The predicted octanol–water partition coefficient (Wildman–Crippen LogP) is 3.63. The van der Waals surface area contributed by atoms with E-state index in [1.165, 1.54) is 11.3 Å². The van der Waals surface area contributed by atoms with E-state index in [-0.39, 0.29) is 5.91 Å². The van der Waals surface area contributed by atoms with Gasteiger partial charge in [-0.3, -0.25) is 9.78 Å². The SMILES string of the molecule is CC(C)CN(CC(C)C)C(=O)c1sc2cccnc2c1N. The number of fused-ring (bicyclic) bond motifs is 1. The van der Waals surface area contributed by atoms with E-state index in [0.717, 1.165) is 23.3 Å². The number of thiophene rings is 1. The quantitative estimate of drug-likeness (QED) is 0.917. The highest BCUT2D eigenvalue weighted by Gasteiger charge is 2.23. The summed E-state index contributed by atoms with van der Waals surface area (Å²) in [6, 6.07) is 3.82. The summed E-state index contributed by atoms with van der Waals surface area (Å²) in [6.45, 7) is 9.98. The maximum Gasteiger partial charge on any atom is 0.266 e. The monoisotopic (exact) mass is 305 g/mol. The highest BCUT2D eigenvalue weighted by atomic mass is 32.1. The van der Waals surface area contributed by atoms with Crippen LogP contribution in [0.15, 0.2) is 18.3 Å². The molecular formula is C16H23N3OS. The van der Waals surface area contributed by atoms with Gasteiger partial charge < -0.3 is 10.6 Å². The Kier molecular flexibility index (Phi) is 4.83. The van der Waals surface area contributed by atoms with Crippen LogP contribution in [0.3, 0.4) is 0 Å². The second kappa shape index (κ2) is 6.43. The molecular weight excluding hydrogens is 282 g/mol. The van der Waals surface area contributed by atoms with E-state index in [4.69, 9.17) is 5.73 Å². The Hall–Kier alpha value is -1.62. The zero-order valence-corrected chi connectivity index (χ0v) is 13.9. The number of hydrogen-bond donors (Lipinski definition) is 1. The van der Waals surface area contributed by atoms with Crippen molar-refractivity contribution in [2.24, 2.45) is 11.8 Å². The van der Waals surface area contributed by atoms with E-state index in [0.29, 0.717) is 22.4 Å². The van der Waals surface area contributed by atoms with Crippen LogP contribution in [0.5, 0.6) is 0 Å². The summed E-state index contributed by atoms with van der Waals surface area (Å²) in [7, 11) is 0. The molecule has 2 aromatic rings. The lowest BCUT2D eigenvalue weighted by Gasteiger charge is -2.26. The first-order chi connectivity index (χ1) is 9.90. The van der Waals surface area contributed by atoms with Crippen LogP contribution in [0.1, 0.15) is 37.4 Å². The topological polar surface area (TPSA) is 59.2 Å². The van der Waals surface area contributed by atoms with E-state index in [9.17, 15) is 4.79 Å². The van der Waals surface area contributed by atoms with Crippen LogP contribution in [-0.4, -0.2) is 28.9 Å². The Morgan fingerprint density at radius 2 is 1.90 bits per heavy atom. The maximum atomic E-state index is 12.8. The molecule has 2 aromatic heterocycles. The number of pyridine rings is 1. The molecule has 0 aliphatic heterocycles. The van der Waals surface area contributed by atoms with E-state index in [1.807, 2.05) is 17.0 Å². The number of rotatable bonds is 5. The molecule has 21 heavy (non-hydrogen) atoms. The number of nitrogen functional groups attached to an aromatic ring is 1. The minimum atomic E-state index is 0.0258. The number of amides is 1. The lowest BCUT2D eigenvalue weighted by molar-refractivity contribution is 0.0721. The summed E-state index contributed by atoms with van der Waals surface area (Å²) in [6.07, 6.45) is 1.71. The van der Waals surface area contributed by atoms with Crippen molar-refractivity contribution >= 4 is 33.1 Å². The summed E-state index contributed by atoms with van der Waals surface area (Å²) in [5, 5.41) is 0. The Morgan fingerprint density at radius 3 is 2.43 bits per heavy atom. The Bertz CT molecular complexity index is 623. The van der Waals surface area contributed by atoms with Crippen LogP contribution in [0, 0.1) is 11.8 Å². The minimum absolute atomic E-state index is 0.0258. The van der Waals surface area contributed by atoms with Gasteiger partial charge in [-0.25, -0.2) is 0 Å². The van der Waals surface area contributed by atoms with E-state index in [2.05, 4.69) is 32.7 Å². The van der Waals surface area contributed by atoms with Gasteiger partial charge in [-0.1, -0.05) is 27.7 Å². The van der Waals surface area contributed by atoms with Gasteiger partial charge in [-0.15, -0.1) is 11.3 Å². The van der Waals surface area contributed by atoms with Gasteiger partial charge in [0.15, 0.2) is 0 Å². The van der Waals surface area contributed by atoms with Crippen LogP contribution >= 0.6 is 11.3 Å². The fourth-order valence-electron chi connectivity index (χ4n) is 2.37. The molecule has 0 unspecified atom stereocenters. The van der Waals surface area contributed by atoms with Crippen molar-refractivity contribution in [1.29, 1.82) is 0 Å². The standard InChI is InChI=1S/C16H23N3OS/c1-10(2)8-19(9-11(3)4)16(20)15-13(17)14-12(21-15)6-5-7-18-14/h5-7,10-11H,8-9,17H2,1-4H3. The number of anilines is 1. The van der Waals surface area contributed by atoms with E-state index < -0.39 is 0 Å². The van der Waals surface area contributed by atoms with E-state index in [1.54, 1.807) is 6.20 Å². The summed E-state index contributed by atoms with van der Waals surface area (Å²) in [4.78, 5) is 19.6. The molecule has 2 N–H and O–H groups in total. The second-order valence-corrected chi connectivity index (χ2v) is 7.25. The highest BCUT2D eigenvalue weighted by molar-refractivity contribution is 7.21. The van der Waals surface area contributed by atoms with Crippen molar-refractivity contribution in [3.05, 3.63) is 23.2 Å². The number of nitrogens with zero attached hydrogens (tertiary/aromatic N) is 2. The molecule has 0 radical (unpaired) electrons. The average molecular weight is 305 g/mol. The minimum Gasteiger partial charge on any atom is -0.396 e. The molecule has 0 fully saturated rings. The third-order valence-electron chi connectivity index (χ3n) is 3.13. The molecule has 0 bridgehead atoms. The Labute approximate surface area is 130 Å². The van der Waals surface area contributed by atoms with Crippen LogP contribution in [0.2, 0.25) is 0 Å². The third kappa shape index (κ3) is 3.53. The van der Waals surface area contributed by atoms with Crippen LogP contribution < -0.4 is 5.73 Å². The molecule has 0 spiro atoms. The molecule has 0 saturated heterocycles. The van der Waals surface area contributed by atoms with Gasteiger partial charge in [0.1, 0.15) is 10.4 Å². The van der Waals surface area contributed by atoms with Gasteiger partial charge in [0, 0.05) is 19.3 Å². The first-order valence-electron chi connectivity index (χ1n) is 7.32. The highest BCUT2D eigenvalue weighted by Crippen LogP contribution is 2.33. The zero-order valence-electron chi connectivity index (χ0n) is 13.1. The lowest BCUT2D eigenvalue weighted by atomic mass is 10.1. The Balaban J connectivity index is 2.35.